The summed E-state index contributed by atoms with van der Waals surface area (Å²) in [4.78, 5) is 10.2. The number of allylic oxidation sites excluding steroid dienone is 2. The van der Waals surface area contributed by atoms with E-state index >= 15 is 0 Å². The number of carboxylic acids is 1. The van der Waals surface area contributed by atoms with Crippen LogP contribution in [0.5, 0.6) is 0 Å². The molecule has 1 N–H and O–H groups in total. The Morgan fingerprint density at radius 2 is 1.18 bits per heavy atom. The summed E-state index contributed by atoms with van der Waals surface area (Å²) < 4.78 is 0. The molecule has 0 bridgehead atoms. The maximum absolute atomic E-state index is 10.2. The van der Waals surface area contributed by atoms with Gasteiger partial charge in [-0.2, -0.15) is 0 Å². The number of aliphatic carboxylic acids is 1. The smallest absolute Gasteiger partial charge is 0.870 e. The van der Waals surface area contributed by atoms with Crippen molar-refractivity contribution in [1.29, 1.82) is 0 Å². The summed E-state index contributed by atoms with van der Waals surface area (Å²) in [5, 5.41) is 10.2. The Kier molecular flexibility index (Phi) is 28.3. The van der Waals surface area contributed by atoms with Crippen LogP contribution in [-0.2, 0) is 4.79 Å². The minimum Gasteiger partial charge on any atom is -0.870 e. The maximum atomic E-state index is 10.2. The van der Waals surface area contributed by atoms with Crippen LogP contribution in [0.1, 0.15) is 96.8 Å². The summed E-state index contributed by atoms with van der Waals surface area (Å²) in [6.07, 6.45) is 20.9. The van der Waals surface area contributed by atoms with E-state index in [0.29, 0.717) is 0 Å². The van der Waals surface area contributed by atoms with Gasteiger partial charge in [0, 0.05) is 5.97 Å². The van der Waals surface area contributed by atoms with Crippen LogP contribution in [0.4, 0.5) is 0 Å². The van der Waals surface area contributed by atoms with E-state index in [1.807, 2.05) is 0 Å². The first kappa shape index (κ1) is 26.8. The van der Waals surface area contributed by atoms with Crippen molar-refractivity contribution in [1.82, 2.24) is 0 Å². The van der Waals surface area contributed by atoms with Crippen LogP contribution in [0.3, 0.4) is 0 Å². The Labute approximate surface area is 153 Å². The molecule has 3 nitrogen and oxygen atoms in total. The van der Waals surface area contributed by atoms with Gasteiger partial charge < -0.3 is 15.4 Å². The third kappa shape index (κ3) is 24.9. The second-order valence-electron chi connectivity index (χ2n) is 5.71. The molecule has 0 fully saturated rings. The fourth-order valence-corrected chi connectivity index (χ4v) is 2.34. The fraction of sp³-hybridized carbons (Fsp3) is 0.833. The van der Waals surface area contributed by atoms with Crippen molar-refractivity contribution in [2.75, 3.05) is 0 Å². The zero-order chi connectivity index (χ0) is 14.9. The number of hydrogen-bond acceptors (Lipinski definition) is 3. The van der Waals surface area contributed by atoms with Gasteiger partial charge >= 0.3 is 23.1 Å². The Morgan fingerprint density at radius 3 is 1.64 bits per heavy atom. The van der Waals surface area contributed by atoms with Gasteiger partial charge in [-0.05, 0) is 38.5 Å². The Bertz CT molecular complexity index is 242. The predicted octanol–water partition coefficient (Wildman–Crippen LogP) is 4.22. The van der Waals surface area contributed by atoms with Crippen molar-refractivity contribution in [3.8, 4) is 0 Å². The summed E-state index contributed by atoms with van der Waals surface area (Å²) in [5.41, 5.74) is 0. The average Bonchev–Trinajstić information content (AvgIpc) is 2.43. The Morgan fingerprint density at radius 1 is 0.773 bits per heavy atom. The van der Waals surface area contributed by atoms with E-state index in [9.17, 15) is 9.90 Å². The van der Waals surface area contributed by atoms with Gasteiger partial charge in [0.2, 0.25) is 0 Å². The van der Waals surface area contributed by atoms with Crippen molar-refractivity contribution in [3.63, 3.8) is 0 Å². The molecule has 0 aromatic rings. The third-order valence-corrected chi connectivity index (χ3v) is 3.64. The van der Waals surface area contributed by atoms with Crippen molar-refractivity contribution in [2.45, 2.75) is 96.8 Å². The fourth-order valence-electron chi connectivity index (χ4n) is 2.34. The van der Waals surface area contributed by atoms with Crippen LogP contribution < -0.4 is 5.11 Å². The van der Waals surface area contributed by atoms with Crippen LogP contribution in [-0.4, -0.2) is 34.5 Å². The molecule has 0 amide bonds. The SMILES string of the molecule is CCCCCCCC/C=C\CCCCCCCC(=O)[O-].[Mg+2].[OH-]. The third-order valence-electron chi connectivity index (χ3n) is 3.64. The van der Waals surface area contributed by atoms with Gasteiger partial charge in [-0.1, -0.05) is 70.4 Å². The molecule has 0 aliphatic heterocycles. The molecule has 0 aliphatic rings. The molecule has 0 spiro atoms. The molecule has 126 valence electrons. The molecule has 0 unspecified atom stereocenters. The van der Waals surface area contributed by atoms with Crippen LogP contribution in [0.25, 0.3) is 0 Å². The van der Waals surface area contributed by atoms with Gasteiger partial charge in [0.05, 0.1) is 0 Å². The molecular weight excluding hydrogens is 288 g/mol. The monoisotopic (exact) mass is 322 g/mol. The van der Waals surface area contributed by atoms with E-state index in [0.717, 1.165) is 19.3 Å². The van der Waals surface area contributed by atoms with Gasteiger partial charge in [-0.3, -0.25) is 0 Å². The van der Waals surface area contributed by atoms with Crippen LogP contribution in [0.2, 0.25) is 0 Å². The summed E-state index contributed by atoms with van der Waals surface area (Å²) in [5.74, 6) is -0.914. The second kappa shape index (κ2) is 23.2. The molecule has 0 radical (unpaired) electrons. The van der Waals surface area contributed by atoms with Gasteiger partial charge in [0.25, 0.3) is 0 Å². The Hall–Kier alpha value is -0.0638. The van der Waals surface area contributed by atoms with Crippen molar-refractivity contribution >= 4 is 29.0 Å². The van der Waals surface area contributed by atoms with E-state index in [2.05, 4.69) is 19.1 Å². The molecule has 0 aliphatic carbocycles. The summed E-state index contributed by atoms with van der Waals surface area (Å²) >= 11 is 0. The first-order valence-corrected chi connectivity index (χ1v) is 8.62. The minimum absolute atomic E-state index is 0. The van der Waals surface area contributed by atoms with Crippen molar-refractivity contribution in [3.05, 3.63) is 12.2 Å². The largest absolute Gasteiger partial charge is 2.00 e. The molecule has 0 saturated carbocycles. The second-order valence-corrected chi connectivity index (χ2v) is 5.71. The van der Waals surface area contributed by atoms with Crippen LogP contribution in [0.15, 0.2) is 12.2 Å². The van der Waals surface area contributed by atoms with Crippen LogP contribution >= 0.6 is 0 Å². The van der Waals surface area contributed by atoms with Crippen molar-refractivity contribution in [2.24, 2.45) is 0 Å². The molecular formula is C18H34MgO3. The average molecular weight is 323 g/mol. The van der Waals surface area contributed by atoms with Crippen molar-refractivity contribution < 1.29 is 15.4 Å². The predicted molar refractivity (Wildman–Crippen MR) is 92.1 cm³/mol. The molecule has 0 aromatic heterocycles. The Balaban J connectivity index is -0.00000180. The van der Waals surface area contributed by atoms with Crippen LogP contribution in [0, 0.1) is 0 Å². The molecule has 22 heavy (non-hydrogen) atoms. The standard InChI is InChI=1S/C18H34O2.Mg.H2O/c1-2-3-4-5-6-7-8-9-10-11-12-13-14-15-16-17-18(19)20;;/h9-10H,2-8,11-17H2,1H3,(H,19,20);;1H2/q;+2;/p-2/b10-9-;;. The minimum atomic E-state index is -0.914. The summed E-state index contributed by atoms with van der Waals surface area (Å²) in [6.45, 7) is 2.26. The quantitative estimate of drug-likeness (QED) is 0.257. The maximum Gasteiger partial charge on any atom is 2.00 e. The molecule has 0 aromatic carbocycles. The zero-order valence-corrected chi connectivity index (χ0v) is 15.9. The van der Waals surface area contributed by atoms with Gasteiger partial charge in [0.15, 0.2) is 0 Å². The molecule has 0 saturated heterocycles. The molecule has 4 heteroatoms. The number of carbonyl (C=O) groups is 1. The normalized spacial score (nSPS) is 10.2. The first-order chi connectivity index (χ1) is 9.77. The van der Waals surface area contributed by atoms with E-state index in [4.69, 9.17) is 0 Å². The summed E-state index contributed by atoms with van der Waals surface area (Å²) in [7, 11) is 0. The van der Waals surface area contributed by atoms with E-state index < -0.39 is 5.97 Å². The number of carboxylic acid groups (broad SMARTS) is 1. The van der Waals surface area contributed by atoms with Gasteiger partial charge in [0.1, 0.15) is 0 Å². The first-order valence-electron chi connectivity index (χ1n) is 8.62. The topological polar surface area (TPSA) is 70.1 Å². The zero-order valence-electron chi connectivity index (χ0n) is 14.5. The molecule has 0 rings (SSSR count). The van der Waals surface area contributed by atoms with E-state index in [1.54, 1.807) is 0 Å². The number of carbonyl (C=O) groups excluding carboxylic acids is 1. The van der Waals surface area contributed by atoms with E-state index in [-0.39, 0.29) is 34.9 Å². The van der Waals surface area contributed by atoms with Gasteiger partial charge in [-0.15, -0.1) is 0 Å². The molecule has 0 heterocycles. The van der Waals surface area contributed by atoms with Gasteiger partial charge in [-0.25, -0.2) is 0 Å². The number of unbranched alkanes of at least 4 members (excludes halogenated alkanes) is 11. The van der Waals surface area contributed by atoms with E-state index in [1.165, 1.54) is 64.2 Å². The number of hydrogen-bond donors (Lipinski definition) is 0. The molecule has 0 atom stereocenters. The summed E-state index contributed by atoms with van der Waals surface area (Å²) in [6, 6.07) is 0. The number of rotatable bonds is 15.